The van der Waals surface area contributed by atoms with E-state index < -0.39 is 260 Å². The van der Waals surface area contributed by atoms with Crippen molar-refractivity contribution in [1.82, 2.24) is 25.5 Å². The Kier molecular flexibility index (Phi) is 28.8. The number of rotatable bonds is 32. The molecule has 46 heteroatoms. The molecule has 6 saturated heterocycles. The molecule has 0 bridgehead atoms. The molecule has 6 aliphatic rings. The summed E-state index contributed by atoms with van der Waals surface area (Å²) in [5.74, 6) is -9.28. The molecular formula is C57H83N6O39P. The number of hydrogen-bond acceptors (Lipinski definition) is 39. The number of hydrogen-bond donors (Lipinski definition) is 21. The van der Waals surface area contributed by atoms with Crippen molar-refractivity contribution in [3.8, 4) is 0 Å². The molecule has 8 rings (SSSR count). The fourth-order valence-corrected chi connectivity index (χ4v) is 13.2. The van der Waals surface area contributed by atoms with E-state index in [1.54, 1.807) is 0 Å². The molecule has 2 aromatic rings. The maximum absolute atomic E-state index is 13.4. The lowest BCUT2D eigenvalue weighted by Crippen LogP contribution is -2.70. The number of nitrogens with zero attached hydrogens (tertiary/aromatic N) is 2. The zero-order valence-electron chi connectivity index (χ0n) is 54.2. The highest BCUT2D eigenvalue weighted by Crippen LogP contribution is 2.52. The van der Waals surface area contributed by atoms with Crippen molar-refractivity contribution >= 4 is 50.3 Å². The van der Waals surface area contributed by atoms with Crippen LogP contribution in [0.15, 0.2) is 41.3 Å². The molecule has 31 atom stereocenters. The molecule has 1 aromatic heterocycles. The summed E-state index contributed by atoms with van der Waals surface area (Å²) in [4.78, 5) is 101. The summed E-state index contributed by atoms with van der Waals surface area (Å²) in [6.45, 7) is -3.30. The third-order valence-corrected chi connectivity index (χ3v) is 18.5. The second-order valence-corrected chi connectivity index (χ2v) is 25.9. The fourth-order valence-electron chi connectivity index (χ4n) is 12.2. The van der Waals surface area contributed by atoms with Crippen LogP contribution in [0.3, 0.4) is 0 Å². The molecule has 7 heterocycles. The Morgan fingerprint density at radius 2 is 1.25 bits per heavy atom. The quantitative estimate of drug-likeness (QED) is 0.0184. The number of aliphatic carboxylic acids is 1. The summed E-state index contributed by atoms with van der Waals surface area (Å²) < 4.78 is 90.7. The minimum atomic E-state index is -5.68. The highest BCUT2D eigenvalue weighted by Gasteiger charge is 2.60. The number of anilines is 1. The van der Waals surface area contributed by atoms with E-state index in [0.29, 0.717) is 5.56 Å². The number of phosphoric acid groups is 1. The maximum atomic E-state index is 13.4. The van der Waals surface area contributed by atoms with E-state index in [0.717, 1.165) is 24.6 Å². The first kappa shape index (κ1) is 82.5. The van der Waals surface area contributed by atoms with E-state index in [-0.39, 0.29) is 43.7 Å². The van der Waals surface area contributed by atoms with Crippen molar-refractivity contribution in [3.63, 3.8) is 0 Å². The van der Waals surface area contributed by atoms with Crippen LogP contribution in [0, 0.1) is 5.92 Å². The van der Waals surface area contributed by atoms with Crippen LogP contribution < -0.4 is 27.4 Å². The van der Waals surface area contributed by atoms with Gasteiger partial charge in [0.1, 0.15) is 109 Å². The normalized spacial score (nSPS) is 38.8. The molecule has 0 spiro atoms. The molecule has 0 saturated carbocycles. The third kappa shape index (κ3) is 19.3. The number of phosphoric ester groups is 1. The van der Waals surface area contributed by atoms with Gasteiger partial charge in [-0.3, -0.25) is 33.1 Å². The molecule has 580 valence electrons. The predicted molar refractivity (Wildman–Crippen MR) is 322 cm³/mol. The molecule has 6 fully saturated rings. The van der Waals surface area contributed by atoms with E-state index >= 15 is 0 Å². The average molecular weight is 1510 g/mol. The molecule has 3 amide bonds. The summed E-state index contributed by atoms with van der Waals surface area (Å²) in [7, 11) is -5.68. The maximum Gasteiger partial charge on any atom is 0.475 e. The van der Waals surface area contributed by atoms with E-state index in [2.05, 4.69) is 20.9 Å². The van der Waals surface area contributed by atoms with Crippen molar-refractivity contribution in [2.45, 2.75) is 211 Å². The van der Waals surface area contributed by atoms with E-state index in [9.17, 15) is 125 Å². The molecule has 12 unspecified atom stereocenters. The molecule has 1 aromatic carbocycles. The first-order valence-corrected chi connectivity index (χ1v) is 33.1. The average Bonchev–Trinajstić information content (AvgIpc) is 1.36. The minimum Gasteiger partial charge on any atom is -0.477 e. The molecule has 0 aliphatic carbocycles. The number of amides is 3. The Bertz CT molecular complexity index is 3280. The highest BCUT2D eigenvalue weighted by atomic mass is 31.2. The number of benzene rings is 1. The van der Waals surface area contributed by atoms with Gasteiger partial charge in [-0.25, -0.2) is 18.7 Å². The Hall–Kier alpha value is -6.17. The van der Waals surface area contributed by atoms with Gasteiger partial charge in [0.05, 0.1) is 45.2 Å². The topological polar surface area (TPSA) is 690 Å². The lowest BCUT2D eigenvalue weighted by atomic mass is 9.80. The summed E-state index contributed by atoms with van der Waals surface area (Å²) in [5.41, 5.74) is 5.00. The van der Waals surface area contributed by atoms with Gasteiger partial charge in [0.15, 0.2) is 43.6 Å². The second kappa shape index (κ2) is 35.9. The molecular weight excluding hydrogens is 1420 g/mol. The number of nitrogen functional groups attached to an aromatic ring is 1. The van der Waals surface area contributed by atoms with Gasteiger partial charge < -0.3 is 165 Å². The zero-order chi connectivity index (χ0) is 75.7. The monoisotopic (exact) mass is 1510 g/mol. The van der Waals surface area contributed by atoms with Crippen LogP contribution in [-0.2, 0) is 101 Å². The number of aliphatic hydroxyl groups is 15. The molecule has 22 N–H and O–H groups in total. The van der Waals surface area contributed by atoms with Gasteiger partial charge in [0.25, 0.3) is 24.6 Å². The van der Waals surface area contributed by atoms with Crippen molar-refractivity contribution in [3.05, 3.63) is 58.1 Å². The Labute approximate surface area is 580 Å². The van der Waals surface area contributed by atoms with Gasteiger partial charge in [-0.15, -0.1) is 0 Å². The van der Waals surface area contributed by atoms with Crippen LogP contribution in [0.4, 0.5) is 5.82 Å². The lowest BCUT2D eigenvalue weighted by Gasteiger charge is -2.49. The van der Waals surface area contributed by atoms with Crippen LogP contribution in [0.25, 0.3) is 0 Å². The summed E-state index contributed by atoms with van der Waals surface area (Å²) >= 11 is 0. The van der Waals surface area contributed by atoms with Gasteiger partial charge in [0, 0.05) is 44.5 Å². The van der Waals surface area contributed by atoms with Crippen LogP contribution in [-0.4, -0.2) is 344 Å². The molecule has 6 aliphatic heterocycles. The summed E-state index contributed by atoms with van der Waals surface area (Å²) in [6, 6.07) is 3.39. The van der Waals surface area contributed by atoms with Crippen LogP contribution in [0.2, 0.25) is 0 Å². The molecule has 103 heavy (non-hydrogen) atoms. The smallest absolute Gasteiger partial charge is 0.475 e. The number of carboxylic acids is 1. The number of carbonyl (C=O) groups excluding carboxylic acids is 5. The lowest BCUT2D eigenvalue weighted by molar-refractivity contribution is -0.398. The number of aliphatic hydroxyl groups excluding tert-OH is 15. The van der Waals surface area contributed by atoms with E-state index in [1.807, 2.05) is 0 Å². The molecule has 45 nitrogen and oxygen atoms in total. The highest BCUT2D eigenvalue weighted by molar-refractivity contribution is 7.47. The number of carbonyl (C=O) groups is 6. The van der Waals surface area contributed by atoms with Crippen LogP contribution in [0.5, 0.6) is 0 Å². The first-order valence-electron chi connectivity index (χ1n) is 31.6. The van der Waals surface area contributed by atoms with Crippen molar-refractivity contribution in [1.29, 1.82) is 0 Å². The van der Waals surface area contributed by atoms with Gasteiger partial charge >= 0.3 is 19.5 Å². The largest absolute Gasteiger partial charge is 0.477 e. The number of carboxylic acid groups (broad SMARTS) is 1. The second-order valence-electron chi connectivity index (χ2n) is 24.5. The van der Waals surface area contributed by atoms with Gasteiger partial charge in [0.2, 0.25) is 24.4 Å². The summed E-state index contributed by atoms with van der Waals surface area (Å²) in [5, 5.41) is 180. The number of aromatic nitrogens is 2. The number of aryl methyl sites for hydroxylation is 1. The number of nitrogens with one attached hydrogen (secondary N) is 3. The minimum absolute atomic E-state index is 0.0206. The summed E-state index contributed by atoms with van der Waals surface area (Å²) in [6.07, 6.45) is -50.7. The van der Waals surface area contributed by atoms with Crippen LogP contribution >= 0.6 is 7.82 Å². The standard InChI is InChI=1S/C57H83N6O39P/c1-20(69)60-31-36(76)34(74)27(15-65)94-49(31)97-46-39(79)42(82)52(100-54(46)91-19-68)96-44-28(16-66)95-50(32(37(44)77)61-21(2)70)98-45-38(78)41(81)51(99-53(45)90-18-67)89-12-10-59-47(83)23-6-3-22(4-7-23)5-8-24-25(71)13-57(55(84)85,101-43(24)33(73)26(72)14-64)102-103(87,88)92-17-29-35(75)40(80)48(93-29)63-11-9-30(58)62-56(63)86/h3-4,6-7,9,11,18-19,24-29,31-46,48-54,64-66,71-82H,5,8,10,12-17H2,1-2H3,(H,59,83)(H,60,69)(H,61,70)(H,84,85)(H,87,88)(H2,58,62,86)/t24-,25?,26-,27?,28?,29-,31+,32+,33-,34-,35?,36?,37?,38?,39?,40+,41+,42+,43?,44-,45+,46+,48-,49-,50-,51-,52-,53?,54?,57-/m1/s1. The zero-order valence-corrected chi connectivity index (χ0v) is 55.1. The SMILES string of the molecule is CC(=O)N[C@H]1C(O)[C@H](O)C(CO)O[C@@H]1O[C@@H]1C(OC=O)O[C@@H](O[C@@H]2C(CO)O[C@H](O[C@@H]3C(OC=O)O[C@@H](OCCNC(=O)c4ccc(CC[C@@H]5C(O)C[C@@](OP(=O)(O)OC[C@H]6O[C@@H](n7ccc(N)nc7=O)[C@@H](O)C6O)(C(=O)O)OC5[C@H](O)[C@H](O)CO)cc4)[C@@H](O)C3O)[C@@H](NC(C)=O)C2O)[C@@H](O)C1O. The first-order chi connectivity index (χ1) is 48.7. The van der Waals surface area contributed by atoms with E-state index in [1.165, 1.54) is 30.3 Å². The third-order valence-electron chi connectivity index (χ3n) is 17.5. The number of ether oxygens (including phenoxy) is 12. The Morgan fingerprint density at radius 3 is 1.81 bits per heavy atom. The Morgan fingerprint density at radius 1 is 0.699 bits per heavy atom. The predicted octanol–water partition coefficient (Wildman–Crippen LogP) is -11.9. The van der Waals surface area contributed by atoms with Crippen molar-refractivity contribution < 1.29 is 186 Å². The van der Waals surface area contributed by atoms with Crippen molar-refractivity contribution in [2.24, 2.45) is 5.92 Å². The fraction of sp³-hybridized carbons (Fsp3) is 0.719. The van der Waals surface area contributed by atoms with E-state index in [4.69, 9.17) is 71.6 Å². The Balaban J connectivity index is 0.838. The van der Waals surface area contributed by atoms with Gasteiger partial charge in [-0.2, -0.15) is 4.98 Å². The number of nitrogens with two attached hydrogens (primary N) is 1. The van der Waals surface area contributed by atoms with Gasteiger partial charge in [-0.1, -0.05) is 12.1 Å². The van der Waals surface area contributed by atoms with Crippen molar-refractivity contribution in [2.75, 3.05) is 45.3 Å². The molecule has 0 radical (unpaired) electrons. The van der Waals surface area contributed by atoms with Gasteiger partial charge in [-0.05, 0) is 36.6 Å². The van der Waals surface area contributed by atoms with Crippen LogP contribution in [0.1, 0.15) is 48.8 Å².